The topological polar surface area (TPSA) is 145 Å². The molecule has 1 aromatic heterocycles. The number of nitrogens with zero attached hydrogens (tertiary/aromatic N) is 5. The molecule has 1 aromatic carbocycles. The number of sulfonamides is 1. The summed E-state index contributed by atoms with van der Waals surface area (Å²) in [5, 5.41) is 12.9. The van der Waals surface area contributed by atoms with Crippen molar-refractivity contribution in [3.8, 4) is 18.1 Å². The molecule has 1 saturated heterocycles. The Kier molecular flexibility index (Phi) is 9.95. The molecule has 1 aliphatic rings. The Bertz CT molecular complexity index is 1300. The molecule has 2 N–H and O–H groups in total. The molecule has 0 aliphatic carbocycles. The first kappa shape index (κ1) is 29.5. The third-order valence-electron chi connectivity index (χ3n) is 6.25. The van der Waals surface area contributed by atoms with Crippen LogP contribution in [0.25, 0.3) is 0 Å². The molecular formula is C26H34N6O6S. The number of rotatable bonds is 12. The predicted octanol–water partition coefficient (Wildman–Crippen LogP) is 2.42. The maximum absolute atomic E-state index is 12.5. The Morgan fingerprint density at radius 3 is 2.38 bits per heavy atom. The molecule has 0 spiro atoms. The van der Waals surface area contributed by atoms with Crippen LogP contribution in [0.15, 0.2) is 30.5 Å². The molecule has 3 rings (SSSR count). The van der Waals surface area contributed by atoms with E-state index in [1.807, 2.05) is 18.7 Å². The van der Waals surface area contributed by atoms with Gasteiger partial charge in [-0.25, -0.2) is 23.0 Å². The smallest absolute Gasteiger partial charge is 0.415 e. The summed E-state index contributed by atoms with van der Waals surface area (Å²) in [6.07, 6.45) is 9.26. The van der Waals surface area contributed by atoms with E-state index >= 15 is 0 Å². The molecule has 1 fully saturated rings. The van der Waals surface area contributed by atoms with Crippen LogP contribution < -0.4 is 19.3 Å². The van der Waals surface area contributed by atoms with Crippen molar-refractivity contribution in [1.82, 2.24) is 14.9 Å². The molecule has 1 unspecified atom stereocenters. The number of aromatic nitrogens is 2. The number of likely N-dealkylation sites (tertiary alicyclic amines) is 1. The van der Waals surface area contributed by atoms with Crippen LogP contribution in [0.3, 0.4) is 0 Å². The molecule has 2 heterocycles. The zero-order valence-electron chi connectivity index (χ0n) is 22.3. The van der Waals surface area contributed by atoms with Gasteiger partial charge in [0, 0.05) is 32.6 Å². The van der Waals surface area contributed by atoms with Gasteiger partial charge in [0.1, 0.15) is 17.5 Å². The lowest BCUT2D eigenvalue weighted by atomic mass is 10.1. The summed E-state index contributed by atoms with van der Waals surface area (Å²) in [7, 11) is -3.82. The van der Waals surface area contributed by atoms with E-state index in [2.05, 4.69) is 21.2 Å². The Labute approximate surface area is 229 Å². The number of benzene rings is 1. The molecule has 0 saturated carbocycles. The van der Waals surface area contributed by atoms with Gasteiger partial charge in [-0.15, -0.1) is 6.42 Å². The third kappa shape index (κ3) is 7.73. The Balaban J connectivity index is 1.87. The molecule has 2 aromatic rings. The summed E-state index contributed by atoms with van der Waals surface area (Å²) in [6.45, 7) is 6.07. The van der Waals surface area contributed by atoms with Gasteiger partial charge in [0.2, 0.25) is 16.0 Å². The fraction of sp³-hybridized carbons (Fsp3) is 0.462. The standard InChI is InChI=1S/C26H34N6O6S/c1-5-14-32(39(4,36)37)22-18-27-25(30(6-2)7-3)29-23(22)28-21(24(33)34)17-19-10-12-20(13-11-19)38-26(35)31-15-8-9-16-31/h1,10-13,18,21H,6-9,14-17H2,2-4H3,(H,33,34)(H,27,28,29). The van der Waals surface area contributed by atoms with E-state index in [4.69, 9.17) is 11.2 Å². The molecule has 13 heteroatoms. The van der Waals surface area contributed by atoms with E-state index in [-0.39, 0.29) is 24.5 Å². The largest absolute Gasteiger partial charge is 0.480 e. The van der Waals surface area contributed by atoms with Crippen LogP contribution in [0.5, 0.6) is 5.75 Å². The maximum atomic E-state index is 12.5. The van der Waals surface area contributed by atoms with Crippen molar-refractivity contribution < 1.29 is 27.9 Å². The van der Waals surface area contributed by atoms with E-state index < -0.39 is 28.1 Å². The lowest BCUT2D eigenvalue weighted by Crippen LogP contribution is -2.36. The lowest BCUT2D eigenvalue weighted by molar-refractivity contribution is -0.137. The second-order valence-electron chi connectivity index (χ2n) is 9.00. The number of anilines is 3. The summed E-state index contributed by atoms with van der Waals surface area (Å²) in [6, 6.07) is 5.39. The van der Waals surface area contributed by atoms with E-state index in [9.17, 15) is 23.1 Å². The van der Waals surface area contributed by atoms with Gasteiger partial charge in [0.25, 0.3) is 0 Å². The molecule has 1 amide bonds. The Morgan fingerprint density at radius 1 is 1.21 bits per heavy atom. The maximum Gasteiger partial charge on any atom is 0.415 e. The number of carboxylic acid groups (broad SMARTS) is 1. The number of carboxylic acids is 1. The highest BCUT2D eigenvalue weighted by Gasteiger charge is 2.27. The first-order valence-electron chi connectivity index (χ1n) is 12.7. The zero-order chi connectivity index (χ0) is 28.6. The van der Waals surface area contributed by atoms with Crippen molar-refractivity contribution in [3.63, 3.8) is 0 Å². The minimum absolute atomic E-state index is 0.0242. The Morgan fingerprint density at radius 2 is 1.85 bits per heavy atom. The van der Waals surface area contributed by atoms with Gasteiger partial charge in [-0.1, -0.05) is 18.1 Å². The number of aliphatic carboxylic acids is 1. The van der Waals surface area contributed by atoms with Crippen LogP contribution >= 0.6 is 0 Å². The van der Waals surface area contributed by atoms with Crippen molar-refractivity contribution in [3.05, 3.63) is 36.0 Å². The van der Waals surface area contributed by atoms with Gasteiger partial charge in [-0.05, 0) is 44.4 Å². The van der Waals surface area contributed by atoms with E-state index in [1.54, 1.807) is 29.2 Å². The number of amides is 1. The van der Waals surface area contributed by atoms with Crippen molar-refractivity contribution in [2.75, 3.05) is 53.5 Å². The normalized spacial score (nSPS) is 13.8. The number of nitrogens with one attached hydrogen (secondary N) is 1. The van der Waals surface area contributed by atoms with Crippen LogP contribution in [0.4, 0.5) is 22.2 Å². The minimum atomic E-state index is -3.82. The number of carbonyl (C=O) groups excluding carboxylic acids is 1. The third-order valence-corrected chi connectivity index (χ3v) is 7.38. The summed E-state index contributed by atoms with van der Waals surface area (Å²) in [4.78, 5) is 36.8. The van der Waals surface area contributed by atoms with Gasteiger partial charge in [0.05, 0.1) is 19.0 Å². The quantitative estimate of drug-likeness (QED) is 0.373. The molecule has 12 nitrogen and oxygen atoms in total. The van der Waals surface area contributed by atoms with E-state index in [0.717, 1.165) is 23.4 Å². The number of hydrogen-bond acceptors (Lipinski definition) is 9. The second kappa shape index (κ2) is 13.1. The van der Waals surface area contributed by atoms with Crippen molar-refractivity contribution in [1.29, 1.82) is 0 Å². The van der Waals surface area contributed by atoms with Gasteiger partial charge in [-0.2, -0.15) is 4.98 Å². The van der Waals surface area contributed by atoms with Crippen molar-refractivity contribution >= 4 is 39.5 Å². The first-order chi connectivity index (χ1) is 18.6. The highest BCUT2D eigenvalue weighted by atomic mass is 32.2. The minimum Gasteiger partial charge on any atom is -0.480 e. The molecule has 39 heavy (non-hydrogen) atoms. The van der Waals surface area contributed by atoms with Gasteiger partial charge in [-0.3, -0.25) is 4.31 Å². The van der Waals surface area contributed by atoms with Gasteiger partial charge in [0.15, 0.2) is 5.82 Å². The molecular weight excluding hydrogens is 524 g/mol. The highest BCUT2D eigenvalue weighted by Crippen LogP contribution is 2.28. The average molecular weight is 559 g/mol. The van der Waals surface area contributed by atoms with Crippen molar-refractivity contribution in [2.24, 2.45) is 0 Å². The monoisotopic (exact) mass is 558 g/mol. The molecule has 1 atom stereocenters. The highest BCUT2D eigenvalue weighted by molar-refractivity contribution is 7.92. The van der Waals surface area contributed by atoms with Gasteiger partial charge < -0.3 is 25.0 Å². The fourth-order valence-electron chi connectivity index (χ4n) is 4.14. The number of terminal acetylenes is 1. The number of hydrogen-bond donors (Lipinski definition) is 2. The van der Waals surface area contributed by atoms with Crippen LogP contribution in [-0.4, -0.2) is 85.5 Å². The first-order valence-corrected chi connectivity index (χ1v) is 14.5. The predicted molar refractivity (Wildman–Crippen MR) is 149 cm³/mol. The second-order valence-corrected chi connectivity index (χ2v) is 10.9. The summed E-state index contributed by atoms with van der Waals surface area (Å²) < 4.78 is 31.3. The molecule has 210 valence electrons. The zero-order valence-corrected chi connectivity index (χ0v) is 23.1. The van der Waals surface area contributed by atoms with Gasteiger partial charge >= 0.3 is 12.1 Å². The lowest BCUT2D eigenvalue weighted by Gasteiger charge is -2.26. The van der Waals surface area contributed by atoms with Crippen LogP contribution in [-0.2, 0) is 21.2 Å². The number of carbonyl (C=O) groups is 2. The summed E-state index contributed by atoms with van der Waals surface area (Å²) in [5.74, 6) is 1.83. The van der Waals surface area contributed by atoms with Crippen LogP contribution in [0.2, 0.25) is 0 Å². The van der Waals surface area contributed by atoms with E-state index in [1.165, 1.54) is 6.20 Å². The van der Waals surface area contributed by atoms with Crippen molar-refractivity contribution in [2.45, 2.75) is 39.2 Å². The van der Waals surface area contributed by atoms with Crippen LogP contribution in [0.1, 0.15) is 32.3 Å². The molecule has 0 radical (unpaired) electrons. The Hall–Kier alpha value is -4.05. The molecule has 1 aliphatic heterocycles. The van der Waals surface area contributed by atoms with E-state index in [0.29, 0.717) is 43.4 Å². The average Bonchev–Trinajstić information content (AvgIpc) is 3.44. The summed E-state index contributed by atoms with van der Waals surface area (Å²) >= 11 is 0. The molecule has 0 bridgehead atoms. The number of ether oxygens (including phenoxy) is 1. The summed E-state index contributed by atoms with van der Waals surface area (Å²) in [5.41, 5.74) is 0.695. The fourth-order valence-corrected chi connectivity index (χ4v) is 4.94. The van der Waals surface area contributed by atoms with Crippen LogP contribution in [0, 0.1) is 12.3 Å². The SMILES string of the molecule is C#CCN(c1cnc(N(CC)CC)nc1NC(Cc1ccc(OC(=O)N2CCCC2)cc1)C(=O)O)S(C)(=O)=O.